The number of rotatable bonds is 6. The van der Waals surface area contributed by atoms with E-state index < -0.39 is 0 Å². The van der Waals surface area contributed by atoms with Crippen LogP contribution in [0.15, 0.2) is 24.3 Å². The number of carbonyl (C=O) groups excluding carboxylic acids is 1. The van der Waals surface area contributed by atoms with Crippen LogP contribution in [0.2, 0.25) is 0 Å². The molecule has 1 aliphatic rings. The molecule has 0 spiro atoms. The van der Waals surface area contributed by atoms with Gasteiger partial charge in [0.15, 0.2) is 0 Å². The summed E-state index contributed by atoms with van der Waals surface area (Å²) in [6.45, 7) is 7.69. The maximum Gasteiger partial charge on any atom is 0.238 e. The topological polar surface area (TPSA) is 44.4 Å². The van der Waals surface area contributed by atoms with E-state index in [9.17, 15) is 4.79 Å². The largest absolute Gasteiger partial charge is 0.325 e. The average molecular weight is 312 g/mol. The smallest absolute Gasteiger partial charge is 0.238 e. The number of hydrogen-bond donors (Lipinski definition) is 2. The van der Waals surface area contributed by atoms with Gasteiger partial charge in [-0.15, -0.1) is 12.4 Å². The summed E-state index contributed by atoms with van der Waals surface area (Å²) in [5.41, 5.74) is 2.02. The van der Waals surface area contributed by atoms with Crippen molar-refractivity contribution >= 4 is 24.0 Å². The Bertz CT molecular complexity index is 447. The van der Waals surface area contributed by atoms with E-state index in [2.05, 4.69) is 22.5 Å². The first-order chi connectivity index (χ1) is 9.70. The number of nitrogens with zero attached hydrogens (tertiary/aromatic N) is 1. The van der Waals surface area contributed by atoms with E-state index in [1.807, 2.05) is 31.2 Å². The van der Waals surface area contributed by atoms with Crippen molar-refractivity contribution in [3.05, 3.63) is 29.8 Å². The molecule has 0 bridgehead atoms. The lowest BCUT2D eigenvalue weighted by Crippen LogP contribution is -2.42. The fourth-order valence-corrected chi connectivity index (χ4v) is 2.72. The van der Waals surface area contributed by atoms with Crippen molar-refractivity contribution < 1.29 is 4.79 Å². The van der Waals surface area contributed by atoms with Crippen molar-refractivity contribution in [3.8, 4) is 0 Å². The Kier molecular flexibility index (Phi) is 7.72. The lowest BCUT2D eigenvalue weighted by molar-refractivity contribution is -0.117. The van der Waals surface area contributed by atoms with Gasteiger partial charge < -0.3 is 10.6 Å². The van der Waals surface area contributed by atoms with E-state index in [0.717, 1.165) is 43.7 Å². The van der Waals surface area contributed by atoms with Crippen LogP contribution in [-0.4, -0.2) is 43.0 Å². The summed E-state index contributed by atoms with van der Waals surface area (Å²) in [5.74, 6) is 0.0830. The standard InChI is InChI=1S/C16H25N3O.ClH/c1-3-10-19(14-8-9-17-11-14)12-16(20)18-15-7-5-4-6-13(15)2;/h4-7,14,17H,3,8-12H2,1-2H3,(H,18,20);1H. The van der Waals surface area contributed by atoms with E-state index in [1.54, 1.807) is 0 Å². The summed E-state index contributed by atoms with van der Waals surface area (Å²) < 4.78 is 0. The van der Waals surface area contributed by atoms with Gasteiger partial charge in [0.05, 0.1) is 6.54 Å². The van der Waals surface area contributed by atoms with Crippen molar-refractivity contribution in [3.63, 3.8) is 0 Å². The van der Waals surface area contributed by atoms with Gasteiger partial charge in [-0.1, -0.05) is 25.1 Å². The number of carbonyl (C=O) groups is 1. The molecular formula is C16H26ClN3O. The minimum absolute atomic E-state index is 0. The number of halogens is 1. The molecule has 0 saturated carbocycles. The molecule has 118 valence electrons. The first kappa shape index (κ1) is 18.0. The van der Waals surface area contributed by atoms with E-state index in [1.165, 1.54) is 0 Å². The zero-order chi connectivity index (χ0) is 14.4. The van der Waals surface area contributed by atoms with Crippen LogP contribution >= 0.6 is 12.4 Å². The highest BCUT2D eigenvalue weighted by Crippen LogP contribution is 2.14. The molecule has 1 amide bonds. The van der Waals surface area contributed by atoms with Crippen molar-refractivity contribution in [2.75, 3.05) is 31.5 Å². The van der Waals surface area contributed by atoms with Gasteiger partial charge in [0, 0.05) is 18.3 Å². The number of aryl methyl sites for hydroxylation is 1. The van der Waals surface area contributed by atoms with Crippen LogP contribution < -0.4 is 10.6 Å². The average Bonchev–Trinajstić information content (AvgIpc) is 2.95. The molecule has 21 heavy (non-hydrogen) atoms. The molecule has 0 radical (unpaired) electrons. The first-order valence-corrected chi connectivity index (χ1v) is 7.51. The fourth-order valence-electron chi connectivity index (χ4n) is 2.72. The third-order valence-corrected chi connectivity index (χ3v) is 3.83. The molecule has 2 rings (SSSR count). The molecule has 0 aliphatic carbocycles. The number of para-hydroxylation sites is 1. The highest BCUT2D eigenvalue weighted by molar-refractivity contribution is 5.92. The minimum atomic E-state index is 0. The summed E-state index contributed by atoms with van der Waals surface area (Å²) >= 11 is 0. The van der Waals surface area contributed by atoms with E-state index in [0.29, 0.717) is 12.6 Å². The van der Waals surface area contributed by atoms with Gasteiger partial charge >= 0.3 is 0 Å². The Morgan fingerprint density at radius 3 is 2.81 bits per heavy atom. The monoisotopic (exact) mass is 311 g/mol. The maximum absolute atomic E-state index is 12.2. The number of hydrogen-bond acceptors (Lipinski definition) is 3. The highest BCUT2D eigenvalue weighted by atomic mass is 35.5. The van der Waals surface area contributed by atoms with Crippen molar-refractivity contribution in [2.45, 2.75) is 32.7 Å². The Morgan fingerprint density at radius 1 is 1.43 bits per heavy atom. The Morgan fingerprint density at radius 2 is 2.19 bits per heavy atom. The second-order valence-corrected chi connectivity index (χ2v) is 5.48. The molecule has 1 saturated heterocycles. The first-order valence-electron chi connectivity index (χ1n) is 7.51. The zero-order valence-electron chi connectivity index (χ0n) is 12.9. The fraction of sp³-hybridized carbons (Fsp3) is 0.562. The van der Waals surface area contributed by atoms with Crippen molar-refractivity contribution in [1.29, 1.82) is 0 Å². The summed E-state index contributed by atoms with van der Waals surface area (Å²) in [6, 6.07) is 8.40. The van der Waals surface area contributed by atoms with E-state index >= 15 is 0 Å². The molecule has 1 heterocycles. The van der Waals surface area contributed by atoms with Crippen LogP contribution in [0.5, 0.6) is 0 Å². The molecule has 1 atom stereocenters. The molecule has 1 aromatic rings. The molecule has 1 aromatic carbocycles. The van der Waals surface area contributed by atoms with Crippen molar-refractivity contribution in [1.82, 2.24) is 10.2 Å². The predicted octanol–water partition coefficient (Wildman–Crippen LogP) is 2.43. The summed E-state index contributed by atoms with van der Waals surface area (Å²) in [5, 5.41) is 6.39. The zero-order valence-corrected chi connectivity index (χ0v) is 13.7. The molecule has 4 nitrogen and oxygen atoms in total. The number of nitrogens with one attached hydrogen (secondary N) is 2. The van der Waals surface area contributed by atoms with Gasteiger partial charge in [-0.05, 0) is 44.5 Å². The maximum atomic E-state index is 12.2. The second-order valence-electron chi connectivity index (χ2n) is 5.48. The van der Waals surface area contributed by atoms with Gasteiger partial charge in [-0.3, -0.25) is 9.69 Å². The number of anilines is 1. The summed E-state index contributed by atoms with van der Waals surface area (Å²) in [4.78, 5) is 14.5. The molecule has 1 unspecified atom stereocenters. The third kappa shape index (κ3) is 5.30. The minimum Gasteiger partial charge on any atom is -0.325 e. The van der Waals surface area contributed by atoms with Gasteiger partial charge in [-0.2, -0.15) is 0 Å². The van der Waals surface area contributed by atoms with Crippen LogP contribution in [-0.2, 0) is 4.79 Å². The van der Waals surface area contributed by atoms with E-state index in [4.69, 9.17) is 0 Å². The van der Waals surface area contributed by atoms with Crippen LogP contribution in [0.3, 0.4) is 0 Å². The Hall–Kier alpha value is -1.10. The lowest BCUT2D eigenvalue weighted by atomic mass is 10.2. The molecular weight excluding hydrogens is 286 g/mol. The van der Waals surface area contributed by atoms with Crippen LogP contribution in [0.25, 0.3) is 0 Å². The van der Waals surface area contributed by atoms with E-state index in [-0.39, 0.29) is 18.3 Å². The number of benzene rings is 1. The molecule has 5 heteroatoms. The SMILES string of the molecule is CCCN(CC(=O)Nc1ccccc1C)C1CCNC1.Cl. The quantitative estimate of drug-likeness (QED) is 0.848. The third-order valence-electron chi connectivity index (χ3n) is 3.83. The summed E-state index contributed by atoms with van der Waals surface area (Å²) in [7, 11) is 0. The molecule has 1 fully saturated rings. The number of amides is 1. The van der Waals surface area contributed by atoms with Gasteiger partial charge in [-0.25, -0.2) is 0 Å². The Labute approximate surface area is 133 Å². The predicted molar refractivity (Wildman–Crippen MR) is 90.2 cm³/mol. The molecule has 1 aliphatic heterocycles. The van der Waals surface area contributed by atoms with Crippen molar-refractivity contribution in [2.24, 2.45) is 0 Å². The lowest BCUT2D eigenvalue weighted by Gasteiger charge is -2.27. The second kappa shape index (κ2) is 9.03. The summed E-state index contributed by atoms with van der Waals surface area (Å²) in [6.07, 6.45) is 2.21. The van der Waals surface area contributed by atoms with Crippen LogP contribution in [0, 0.1) is 6.92 Å². The van der Waals surface area contributed by atoms with Gasteiger partial charge in [0.2, 0.25) is 5.91 Å². The van der Waals surface area contributed by atoms with Gasteiger partial charge in [0.1, 0.15) is 0 Å². The normalized spacial score (nSPS) is 17.6. The molecule has 2 N–H and O–H groups in total. The van der Waals surface area contributed by atoms with Crippen LogP contribution in [0.1, 0.15) is 25.3 Å². The highest BCUT2D eigenvalue weighted by Gasteiger charge is 2.23. The van der Waals surface area contributed by atoms with Gasteiger partial charge in [0.25, 0.3) is 0 Å². The van der Waals surface area contributed by atoms with Crippen LogP contribution in [0.4, 0.5) is 5.69 Å². The Balaban J connectivity index is 0.00000220. The molecule has 0 aromatic heterocycles.